The lowest BCUT2D eigenvalue weighted by Gasteiger charge is -2.33. The Labute approximate surface area is 135 Å². The number of hydrogen-bond acceptors (Lipinski definition) is 7. The van der Waals surface area contributed by atoms with E-state index in [1.165, 1.54) is 6.92 Å². The minimum Gasteiger partial charge on any atom is -0.375 e. The first-order valence-corrected chi connectivity index (χ1v) is 7.91. The van der Waals surface area contributed by atoms with Gasteiger partial charge in [0, 0.05) is 12.8 Å². The molecule has 0 amide bonds. The highest BCUT2D eigenvalue weighted by atomic mass is 17.0. The number of hydrogen-bond donors (Lipinski definition) is 0. The highest BCUT2D eigenvalue weighted by molar-refractivity contribution is 4.93. The average molecular weight is 334 g/mol. The van der Waals surface area contributed by atoms with Crippen LogP contribution < -0.4 is 0 Å². The van der Waals surface area contributed by atoms with E-state index < -0.39 is 21.4 Å². The van der Waals surface area contributed by atoms with Gasteiger partial charge in [-0.15, -0.1) is 20.2 Å². The van der Waals surface area contributed by atoms with Crippen molar-refractivity contribution < 1.29 is 24.6 Å². The Balaban J connectivity index is 3.04. The maximum Gasteiger partial charge on any atom is 0.295 e. The van der Waals surface area contributed by atoms with Gasteiger partial charge >= 0.3 is 0 Å². The van der Waals surface area contributed by atoms with E-state index in [4.69, 9.17) is 14.4 Å². The minimum atomic E-state index is -1.28. The molecule has 1 fully saturated rings. The summed E-state index contributed by atoms with van der Waals surface area (Å²) in [6, 6.07) is 0. The van der Waals surface area contributed by atoms with Gasteiger partial charge in [-0.3, -0.25) is 0 Å². The van der Waals surface area contributed by atoms with E-state index in [2.05, 4.69) is 6.92 Å². The molecule has 23 heavy (non-hydrogen) atoms. The smallest absolute Gasteiger partial charge is 0.295 e. The molecule has 0 N–H and O–H groups in total. The van der Waals surface area contributed by atoms with Crippen LogP contribution in [0.4, 0.5) is 0 Å². The molecule has 0 aliphatic carbocycles. The fourth-order valence-corrected chi connectivity index (χ4v) is 3.50. The molecule has 1 heterocycles. The molecule has 9 nitrogen and oxygen atoms in total. The quantitative estimate of drug-likeness (QED) is 0.495. The van der Waals surface area contributed by atoms with E-state index in [1.807, 2.05) is 6.92 Å². The fourth-order valence-electron chi connectivity index (χ4n) is 3.50. The maximum atomic E-state index is 10.9. The SMILES string of the molecule is CCCC(CC)C1CC(C)(O[N+](=O)[O-])CC(C)(O[N+](=O)[O-])CO1. The van der Waals surface area contributed by atoms with Crippen LogP contribution in [0.1, 0.15) is 59.8 Å². The zero-order valence-electron chi connectivity index (χ0n) is 14.1. The molecule has 134 valence electrons. The molecule has 1 saturated heterocycles. The van der Waals surface area contributed by atoms with Crippen molar-refractivity contribution in [1.29, 1.82) is 0 Å². The summed E-state index contributed by atoms with van der Waals surface area (Å²) in [6.45, 7) is 7.19. The molecule has 1 aliphatic heterocycles. The van der Waals surface area contributed by atoms with Gasteiger partial charge in [0.1, 0.15) is 11.2 Å². The lowest BCUT2D eigenvalue weighted by atomic mass is 9.83. The Kier molecular flexibility index (Phi) is 6.55. The molecule has 1 rings (SSSR count). The Hall–Kier alpha value is -1.64. The average Bonchev–Trinajstić information content (AvgIpc) is 2.50. The normalized spacial score (nSPS) is 32.6. The van der Waals surface area contributed by atoms with Gasteiger partial charge in [0.05, 0.1) is 12.7 Å². The van der Waals surface area contributed by atoms with Crippen molar-refractivity contribution in [3.8, 4) is 0 Å². The second kappa shape index (κ2) is 7.76. The summed E-state index contributed by atoms with van der Waals surface area (Å²) in [4.78, 5) is 31.2. The van der Waals surface area contributed by atoms with Gasteiger partial charge < -0.3 is 14.4 Å². The Bertz CT molecular complexity index is 433. The Morgan fingerprint density at radius 3 is 2.22 bits per heavy atom. The maximum absolute atomic E-state index is 10.9. The molecule has 0 aromatic heterocycles. The van der Waals surface area contributed by atoms with Crippen LogP contribution in [0, 0.1) is 26.1 Å². The van der Waals surface area contributed by atoms with E-state index in [-0.39, 0.29) is 25.0 Å². The number of nitrogens with zero attached hydrogens (tertiary/aromatic N) is 2. The van der Waals surface area contributed by atoms with Gasteiger partial charge in [-0.1, -0.05) is 26.7 Å². The molecule has 0 aromatic rings. The molecule has 0 bridgehead atoms. The second-order valence-corrected chi connectivity index (χ2v) is 6.72. The lowest BCUT2D eigenvalue weighted by Crippen LogP contribution is -2.44. The topological polar surface area (TPSA) is 114 Å². The number of ether oxygens (including phenoxy) is 1. The molecular weight excluding hydrogens is 308 g/mol. The summed E-state index contributed by atoms with van der Waals surface area (Å²) < 4.78 is 5.87. The zero-order chi connectivity index (χ0) is 17.7. The van der Waals surface area contributed by atoms with E-state index in [1.54, 1.807) is 6.92 Å². The lowest BCUT2D eigenvalue weighted by molar-refractivity contribution is -0.793. The van der Waals surface area contributed by atoms with Gasteiger partial charge in [0.15, 0.2) is 0 Å². The van der Waals surface area contributed by atoms with Crippen molar-refractivity contribution in [2.45, 2.75) is 77.1 Å². The van der Waals surface area contributed by atoms with Crippen molar-refractivity contribution in [3.05, 3.63) is 20.2 Å². The monoisotopic (exact) mass is 334 g/mol. The summed E-state index contributed by atoms with van der Waals surface area (Å²) in [5.74, 6) is 0.215. The largest absolute Gasteiger partial charge is 0.375 e. The van der Waals surface area contributed by atoms with Crippen molar-refractivity contribution in [2.75, 3.05) is 6.61 Å². The summed E-state index contributed by atoms with van der Waals surface area (Å²) >= 11 is 0. The van der Waals surface area contributed by atoms with E-state index in [0.717, 1.165) is 19.3 Å². The standard InChI is InChI=1S/C14H26N2O7/c1-5-7-11(6-2)12-8-13(3,22-15(17)18)9-14(4,10-21-12)23-16(19)20/h11-12H,5-10H2,1-4H3. The highest BCUT2D eigenvalue weighted by Crippen LogP contribution is 2.38. The molecule has 0 saturated carbocycles. The third-order valence-corrected chi connectivity index (χ3v) is 4.28. The Morgan fingerprint density at radius 2 is 1.74 bits per heavy atom. The van der Waals surface area contributed by atoms with Crippen LogP contribution >= 0.6 is 0 Å². The molecule has 0 aromatic carbocycles. The Morgan fingerprint density at radius 1 is 1.17 bits per heavy atom. The fraction of sp³-hybridized carbons (Fsp3) is 1.00. The van der Waals surface area contributed by atoms with E-state index in [9.17, 15) is 20.2 Å². The molecule has 9 heteroatoms. The van der Waals surface area contributed by atoms with Crippen LogP contribution in [0.5, 0.6) is 0 Å². The van der Waals surface area contributed by atoms with Crippen molar-refractivity contribution in [3.63, 3.8) is 0 Å². The molecular formula is C14H26N2O7. The van der Waals surface area contributed by atoms with Crippen LogP contribution in [0.3, 0.4) is 0 Å². The first kappa shape index (κ1) is 19.4. The highest BCUT2D eigenvalue weighted by Gasteiger charge is 2.47. The van der Waals surface area contributed by atoms with Crippen LogP contribution in [-0.4, -0.2) is 34.1 Å². The van der Waals surface area contributed by atoms with Crippen LogP contribution in [-0.2, 0) is 14.4 Å². The minimum absolute atomic E-state index is 0.00101. The predicted octanol–water partition coefficient (Wildman–Crippen LogP) is 2.93. The third-order valence-electron chi connectivity index (χ3n) is 4.28. The van der Waals surface area contributed by atoms with E-state index >= 15 is 0 Å². The first-order valence-electron chi connectivity index (χ1n) is 7.91. The second-order valence-electron chi connectivity index (χ2n) is 6.72. The van der Waals surface area contributed by atoms with Crippen molar-refractivity contribution in [2.24, 2.45) is 5.92 Å². The van der Waals surface area contributed by atoms with Gasteiger partial charge in [0.2, 0.25) is 0 Å². The number of rotatable bonds is 8. The van der Waals surface area contributed by atoms with Gasteiger partial charge in [0.25, 0.3) is 10.2 Å². The summed E-state index contributed by atoms with van der Waals surface area (Å²) in [6.07, 6.45) is 2.78. The molecule has 0 radical (unpaired) electrons. The predicted molar refractivity (Wildman–Crippen MR) is 80.6 cm³/mol. The summed E-state index contributed by atoms with van der Waals surface area (Å²) in [5, 5.41) is 19.9. The molecule has 4 atom stereocenters. The van der Waals surface area contributed by atoms with Crippen LogP contribution in [0.2, 0.25) is 0 Å². The van der Waals surface area contributed by atoms with Crippen LogP contribution in [0.15, 0.2) is 0 Å². The first-order chi connectivity index (χ1) is 10.6. The van der Waals surface area contributed by atoms with Gasteiger partial charge in [-0.2, -0.15) is 0 Å². The van der Waals surface area contributed by atoms with Crippen molar-refractivity contribution >= 4 is 0 Å². The third kappa shape index (κ3) is 5.81. The molecule has 4 unspecified atom stereocenters. The summed E-state index contributed by atoms with van der Waals surface area (Å²) in [5.41, 5.74) is -2.48. The summed E-state index contributed by atoms with van der Waals surface area (Å²) in [7, 11) is 0. The zero-order valence-corrected chi connectivity index (χ0v) is 14.1. The molecule has 0 spiro atoms. The van der Waals surface area contributed by atoms with Crippen LogP contribution in [0.25, 0.3) is 0 Å². The van der Waals surface area contributed by atoms with Crippen molar-refractivity contribution in [1.82, 2.24) is 0 Å². The van der Waals surface area contributed by atoms with Gasteiger partial charge in [-0.05, 0) is 26.2 Å². The van der Waals surface area contributed by atoms with E-state index in [0.29, 0.717) is 6.42 Å². The van der Waals surface area contributed by atoms with Gasteiger partial charge in [-0.25, -0.2) is 0 Å². The molecule has 1 aliphatic rings.